The van der Waals surface area contributed by atoms with Crippen molar-refractivity contribution < 1.29 is 9.50 Å². The van der Waals surface area contributed by atoms with E-state index in [9.17, 15) is 9.50 Å². The van der Waals surface area contributed by atoms with Gasteiger partial charge in [-0.15, -0.1) is 11.8 Å². The molecule has 1 aromatic carbocycles. The number of thioether (sulfide) groups is 1. The number of nitrogens with one attached hydrogen (secondary N) is 1. The summed E-state index contributed by atoms with van der Waals surface area (Å²) in [7, 11) is 0. The van der Waals surface area contributed by atoms with Crippen LogP contribution < -0.4 is 5.32 Å². The van der Waals surface area contributed by atoms with E-state index >= 15 is 0 Å². The Labute approximate surface area is 106 Å². The third-order valence-electron chi connectivity index (χ3n) is 2.85. The second-order valence-corrected chi connectivity index (χ2v) is 5.93. The van der Waals surface area contributed by atoms with E-state index in [1.165, 1.54) is 25.0 Å². The minimum Gasteiger partial charge on any atom is -0.394 e. The van der Waals surface area contributed by atoms with E-state index in [0.717, 1.165) is 10.6 Å². The van der Waals surface area contributed by atoms with Gasteiger partial charge in [0, 0.05) is 22.2 Å². The molecule has 1 aromatic rings. The monoisotopic (exact) mass is 255 g/mol. The summed E-state index contributed by atoms with van der Waals surface area (Å²) in [5.41, 5.74) is -0.250. The van der Waals surface area contributed by atoms with Crippen LogP contribution in [0, 0.1) is 5.82 Å². The lowest BCUT2D eigenvalue weighted by Crippen LogP contribution is -2.49. The van der Waals surface area contributed by atoms with Gasteiger partial charge in [-0.3, -0.25) is 0 Å². The summed E-state index contributed by atoms with van der Waals surface area (Å²) in [5.74, 6) is 0.571. The fraction of sp³-hybridized carbons (Fsp3) is 0.538. The first-order valence-electron chi connectivity index (χ1n) is 5.88. The van der Waals surface area contributed by atoms with Gasteiger partial charge < -0.3 is 10.4 Å². The first-order chi connectivity index (χ1) is 8.11. The zero-order valence-electron chi connectivity index (χ0n) is 9.95. The molecular formula is C13H18FNOS. The van der Waals surface area contributed by atoms with E-state index in [1.807, 2.05) is 6.92 Å². The van der Waals surface area contributed by atoms with Gasteiger partial charge in [-0.05, 0) is 44.0 Å². The van der Waals surface area contributed by atoms with Gasteiger partial charge in [-0.1, -0.05) is 0 Å². The zero-order valence-corrected chi connectivity index (χ0v) is 10.8. The van der Waals surface area contributed by atoms with Crippen LogP contribution in [0.4, 0.5) is 4.39 Å². The van der Waals surface area contributed by atoms with Crippen LogP contribution in [0.25, 0.3) is 0 Å². The number of benzene rings is 1. The minimum absolute atomic E-state index is 0.123. The zero-order chi connectivity index (χ0) is 12.3. The lowest BCUT2D eigenvalue weighted by Gasteiger charge is -2.28. The van der Waals surface area contributed by atoms with Crippen LogP contribution >= 0.6 is 11.8 Å². The summed E-state index contributed by atoms with van der Waals surface area (Å²) < 4.78 is 12.7. The molecule has 0 aliphatic heterocycles. The smallest absolute Gasteiger partial charge is 0.123 e. The quantitative estimate of drug-likeness (QED) is 0.766. The van der Waals surface area contributed by atoms with E-state index in [1.54, 1.807) is 23.9 Å². The highest BCUT2D eigenvalue weighted by atomic mass is 32.2. The third-order valence-corrected chi connectivity index (χ3v) is 4.24. The SMILES string of the molecule is CC(CO)(CSc1ccc(F)cc1)NC1CC1. The molecule has 0 saturated heterocycles. The van der Waals surface area contributed by atoms with Crippen molar-refractivity contribution in [3.8, 4) is 0 Å². The fourth-order valence-electron chi connectivity index (χ4n) is 1.63. The Kier molecular flexibility index (Phi) is 4.07. The van der Waals surface area contributed by atoms with Crippen molar-refractivity contribution >= 4 is 11.8 Å². The van der Waals surface area contributed by atoms with Crippen molar-refractivity contribution in [1.29, 1.82) is 0 Å². The summed E-state index contributed by atoms with van der Waals surface area (Å²) in [6.07, 6.45) is 2.41. The molecule has 0 bridgehead atoms. The Morgan fingerprint density at radius 1 is 1.41 bits per heavy atom. The first kappa shape index (κ1) is 12.9. The Morgan fingerprint density at radius 3 is 2.59 bits per heavy atom. The van der Waals surface area contributed by atoms with Gasteiger partial charge in [0.15, 0.2) is 0 Å². The molecular weight excluding hydrogens is 237 g/mol. The molecule has 2 rings (SSSR count). The molecule has 17 heavy (non-hydrogen) atoms. The van der Waals surface area contributed by atoms with E-state index in [0.29, 0.717) is 6.04 Å². The molecule has 2 nitrogen and oxygen atoms in total. The molecule has 1 saturated carbocycles. The van der Waals surface area contributed by atoms with E-state index in [4.69, 9.17) is 0 Å². The van der Waals surface area contributed by atoms with Gasteiger partial charge >= 0.3 is 0 Å². The molecule has 1 unspecified atom stereocenters. The largest absolute Gasteiger partial charge is 0.394 e. The van der Waals surface area contributed by atoms with Gasteiger partial charge in [0.1, 0.15) is 5.82 Å². The second kappa shape index (κ2) is 5.38. The normalized spacial score (nSPS) is 19.0. The molecule has 1 aliphatic carbocycles. The highest BCUT2D eigenvalue weighted by Gasteiger charge is 2.31. The van der Waals surface area contributed by atoms with Gasteiger partial charge in [0.25, 0.3) is 0 Å². The lowest BCUT2D eigenvalue weighted by molar-refractivity contribution is 0.190. The van der Waals surface area contributed by atoms with E-state index in [-0.39, 0.29) is 18.0 Å². The number of aliphatic hydroxyl groups is 1. The molecule has 2 N–H and O–H groups in total. The van der Waals surface area contributed by atoms with Crippen molar-refractivity contribution in [3.63, 3.8) is 0 Å². The summed E-state index contributed by atoms with van der Waals surface area (Å²) in [6, 6.07) is 7.05. The van der Waals surface area contributed by atoms with Gasteiger partial charge in [-0.2, -0.15) is 0 Å². The number of halogens is 1. The number of rotatable bonds is 6. The maximum atomic E-state index is 12.7. The molecule has 1 fully saturated rings. The molecule has 0 radical (unpaired) electrons. The molecule has 0 aromatic heterocycles. The van der Waals surface area contributed by atoms with Gasteiger partial charge in [0.05, 0.1) is 6.61 Å². The summed E-state index contributed by atoms with van der Waals surface area (Å²) in [4.78, 5) is 1.03. The van der Waals surface area contributed by atoms with Gasteiger partial charge in [-0.25, -0.2) is 4.39 Å². The molecule has 4 heteroatoms. The Hall–Kier alpha value is -0.580. The standard InChI is InChI=1S/C13H18FNOS/c1-13(8-16,15-11-4-5-11)9-17-12-6-2-10(14)3-7-12/h2-3,6-7,11,15-16H,4-5,8-9H2,1H3. The lowest BCUT2D eigenvalue weighted by atomic mass is 10.1. The molecule has 0 heterocycles. The summed E-state index contributed by atoms with van der Waals surface area (Å²) in [6.45, 7) is 2.15. The van der Waals surface area contributed by atoms with Crippen molar-refractivity contribution in [2.45, 2.75) is 36.2 Å². The molecule has 1 aliphatic rings. The first-order valence-corrected chi connectivity index (χ1v) is 6.87. The predicted octanol–water partition coefficient (Wildman–Crippen LogP) is 2.42. The van der Waals surface area contributed by atoms with Crippen LogP contribution in [-0.2, 0) is 0 Å². The maximum absolute atomic E-state index is 12.7. The average molecular weight is 255 g/mol. The highest BCUT2D eigenvalue weighted by molar-refractivity contribution is 7.99. The van der Waals surface area contributed by atoms with Crippen LogP contribution in [0.3, 0.4) is 0 Å². The Morgan fingerprint density at radius 2 is 2.06 bits per heavy atom. The number of hydrogen-bond donors (Lipinski definition) is 2. The average Bonchev–Trinajstić information content (AvgIpc) is 3.12. The van der Waals surface area contributed by atoms with Crippen molar-refractivity contribution in [3.05, 3.63) is 30.1 Å². The van der Waals surface area contributed by atoms with Crippen LogP contribution in [0.15, 0.2) is 29.2 Å². The van der Waals surface area contributed by atoms with Crippen LogP contribution in [0.5, 0.6) is 0 Å². The number of aliphatic hydroxyl groups excluding tert-OH is 1. The van der Waals surface area contributed by atoms with E-state index in [2.05, 4.69) is 5.32 Å². The van der Waals surface area contributed by atoms with Crippen LogP contribution in [0.1, 0.15) is 19.8 Å². The summed E-state index contributed by atoms with van der Waals surface area (Å²) in [5, 5.41) is 12.9. The predicted molar refractivity (Wildman–Crippen MR) is 68.8 cm³/mol. The van der Waals surface area contributed by atoms with Crippen molar-refractivity contribution in [2.24, 2.45) is 0 Å². The van der Waals surface area contributed by atoms with Crippen molar-refractivity contribution in [2.75, 3.05) is 12.4 Å². The molecule has 0 amide bonds. The van der Waals surface area contributed by atoms with Crippen LogP contribution in [0.2, 0.25) is 0 Å². The van der Waals surface area contributed by atoms with E-state index < -0.39 is 0 Å². The highest BCUT2D eigenvalue weighted by Crippen LogP contribution is 2.27. The second-order valence-electron chi connectivity index (χ2n) is 4.88. The minimum atomic E-state index is -0.250. The Bertz CT molecular complexity index is 366. The molecule has 1 atom stereocenters. The van der Waals surface area contributed by atoms with Crippen molar-refractivity contribution in [1.82, 2.24) is 5.32 Å². The van der Waals surface area contributed by atoms with Crippen LogP contribution in [-0.4, -0.2) is 29.0 Å². The number of hydrogen-bond acceptors (Lipinski definition) is 3. The fourth-order valence-corrected chi connectivity index (χ4v) is 2.62. The molecule has 0 spiro atoms. The Balaban J connectivity index is 1.88. The summed E-state index contributed by atoms with van der Waals surface area (Å²) >= 11 is 1.64. The topological polar surface area (TPSA) is 32.3 Å². The third kappa shape index (κ3) is 3.98. The van der Waals surface area contributed by atoms with Gasteiger partial charge in [0.2, 0.25) is 0 Å². The molecule has 94 valence electrons. The maximum Gasteiger partial charge on any atom is 0.123 e.